The molecule has 1 N–H and O–H groups in total. The Labute approximate surface area is 128 Å². The second kappa shape index (κ2) is 6.43. The van der Waals surface area contributed by atoms with Crippen LogP contribution in [0.1, 0.15) is 5.56 Å². The van der Waals surface area contributed by atoms with Crippen LogP contribution >= 0.6 is 0 Å². The molecule has 1 aromatic heterocycles. The largest absolute Gasteiger partial charge is 0.436 e. The van der Waals surface area contributed by atoms with Crippen molar-refractivity contribution in [2.45, 2.75) is 6.54 Å². The summed E-state index contributed by atoms with van der Waals surface area (Å²) >= 11 is 0. The number of pyridine rings is 1. The van der Waals surface area contributed by atoms with Gasteiger partial charge in [-0.25, -0.2) is 9.37 Å². The third-order valence-electron chi connectivity index (χ3n) is 3.36. The quantitative estimate of drug-likeness (QED) is 0.942. The topological polar surface area (TPSA) is 49.8 Å². The first-order valence-corrected chi connectivity index (χ1v) is 7.09. The normalized spacial score (nSPS) is 13.9. The molecule has 0 saturated heterocycles. The van der Waals surface area contributed by atoms with Gasteiger partial charge in [0.25, 0.3) is 0 Å². The van der Waals surface area contributed by atoms with Gasteiger partial charge in [0, 0.05) is 32.4 Å². The van der Waals surface area contributed by atoms with Crippen molar-refractivity contribution in [2.24, 2.45) is 4.99 Å². The van der Waals surface area contributed by atoms with Crippen LogP contribution in [-0.4, -0.2) is 36.0 Å². The predicted molar refractivity (Wildman–Crippen MR) is 82.5 cm³/mol. The van der Waals surface area contributed by atoms with Gasteiger partial charge in [-0.2, -0.15) is 0 Å². The number of para-hydroxylation sites is 1. The highest BCUT2D eigenvalue weighted by Crippen LogP contribution is 2.22. The summed E-state index contributed by atoms with van der Waals surface area (Å²) in [5, 5.41) is 3.27. The van der Waals surface area contributed by atoms with Crippen molar-refractivity contribution in [3.63, 3.8) is 0 Å². The minimum absolute atomic E-state index is 0.167. The third kappa shape index (κ3) is 3.33. The summed E-state index contributed by atoms with van der Waals surface area (Å²) in [6.45, 7) is 2.36. The van der Waals surface area contributed by atoms with Gasteiger partial charge in [0.05, 0.1) is 6.54 Å². The van der Waals surface area contributed by atoms with E-state index in [-0.39, 0.29) is 5.75 Å². The Hall–Kier alpha value is -2.63. The Balaban J connectivity index is 1.66. The highest BCUT2D eigenvalue weighted by atomic mass is 19.1. The zero-order chi connectivity index (χ0) is 15.4. The Morgan fingerprint density at radius 2 is 2.18 bits per heavy atom. The molecule has 2 heterocycles. The fraction of sp³-hybridized carbons (Fsp3) is 0.250. The minimum atomic E-state index is -0.408. The molecular weight excluding hydrogens is 283 g/mol. The van der Waals surface area contributed by atoms with Gasteiger partial charge in [0.1, 0.15) is 0 Å². The number of hydrogen-bond donors (Lipinski definition) is 1. The number of halogens is 1. The van der Waals surface area contributed by atoms with Gasteiger partial charge in [0.15, 0.2) is 17.5 Å². The molecule has 1 aliphatic rings. The maximum absolute atomic E-state index is 13.6. The van der Waals surface area contributed by atoms with Gasteiger partial charge in [-0.3, -0.25) is 4.99 Å². The van der Waals surface area contributed by atoms with E-state index < -0.39 is 5.82 Å². The first kappa shape index (κ1) is 14.3. The molecular formula is C16H17FN4O. The van der Waals surface area contributed by atoms with Crippen LogP contribution in [0.2, 0.25) is 0 Å². The molecule has 0 radical (unpaired) electrons. The molecule has 0 amide bonds. The van der Waals surface area contributed by atoms with Crippen LogP contribution in [-0.2, 0) is 6.54 Å². The van der Waals surface area contributed by atoms with Crippen molar-refractivity contribution in [1.82, 2.24) is 15.2 Å². The molecule has 0 spiro atoms. The van der Waals surface area contributed by atoms with Crippen LogP contribution < -0.4 is 10.1 Å². The van der Waals surface area contributed by atoms with Gasteiger partial charge >= 0.3 is 0 Å². The number of likely N-dealkylation sites (N-methyl/N-ethyl adjacent to an activating group) is 1. The zero-order valence-electron chi connectivity index (χ0n) is 12.3. The van der Waals surface area contributed by atoms with Crippen molar-refractivity contribution in [1.29, 1.82) is 0 Å². The molecule has 0 fully saturated rings. The molecule has 0 aliphatic carbocycles. The SMILES string of the molecule is CN1CCN=C1NCc1ccnc(Oc2ccccc2F)c1. The van der Waals surface area contributed by atoms with Crippen LogP contribution in [0.3, 0.4) is 0 Å². The Kier molecular flexibility index (Phi) is 4.18. The second-order valence-electron chi connectivity index (χ2n) is 5.02. The summed E-state index contributed by atoms with van der Waals surface area (Å²) in [5.74, 6) is 1.01. The van der Waals surface area contributed by atoms with E-state index in [0.717, 1.165) is 24.6 Å². The maximum Gasteiger partial charge on any atom is 0.219 e. The van der Waals surface area contributed by atoms with Crippen molar-refractivity contribution in [2.75, 3.05) is 20.1 Å². The summed E-state index contributed by atoms with van der Waals surface area (Å²) in [6, 6.07) is 9.94. The van der Waals surface area contributed by atoms with E-state index >= 15 is 0 Å². The van der Waals surface area contributed by atoms with Crippen molar-refractivity contribution < 1.29 is 9.13 Å². The molecule has 1 aliphatic heterocycles. The summed E-state index contributed by atoms with van der Waals surface area (Å²) in [6.07, 6.45) is 1.65. The van der Waals surface area contributed by atoms with Crippen molar-refractivity contribution >= 4 is 5.96 Å². The highest BCUT2D eigenvalue weighted by Gasteiger charge is 2.11. The third-order valence-corrected chi connectivity index (χ3v) is 3.36. The zero-order valence-corrected chi connectivity index (χ0v) is 12.3. The lowest BCUT2D eigenvalue weighted by Crippen LogP contribution is -2.35. The fourth-order valence-corrected chi connectivity index (χ4v) is 2.16. The van der Waals surface area contributed by atoms with Crippen LogP contribution in [0.5, 0.6) is 11.6 Å². The minimum Gasteiger partial charge on any atom is -0.436 e. The van der Waals surface area contributed by atoms with E-state index in [1.807, 2.05) is 13.1 Å². The molecule has 2 aromatic rings. The number of guanidine groups is 1. The van der Waals surface area contributed by atoms with Crippen LogP contribution in [0.15, 0.2) is 47.6 Å². The Morgan fingerprint density at radius 1 is 1.32 bits per heavy atom. The van der Waals surface area contributed by atoms with Crippen molar-refractivity contribution in [3.8, 4) is 11.6 Å². The number of hydrogen-bond acceptors (Lipinski definition) is 5. The molecule has 0 atom stereocenters. The number of nitrogens with zero attached hydrogens (tertiary/aromatic N) is 3. The number of benzene rings is 1. The molecule has 0 bridgehead atoms. The van der Waals surface area contributed by atoms with Gasteiger partial charge in [0.2, 0.25) is 5.88 Å². The smallest absolute Gasteiger partial charge is 0.219 e. The van der Waals surface area contributed by atoms with Crippen molar-refractivity contribution in [3.05, 3.63) is 54.0 Å². The molecule has 0 saturated carbocycles. The van der Waals surface area contributed by atoms with E-state index in [1.165, 1.54) is 6.07 Å². The standard InChI is InChI=1S/C16H17FN4O/c1-21-9-8-19-16(21)20-11-12-6-7-18-15(10-12)22-14-5-3-2-4-13(14)17/h2-7,10H,8-9,11H2,1H3,(H,19,20). The Bertz CT molecular complexity index is 689. The number of ether oxygens (including phenoxy) is 1. The van der Waals surface area contributed by atoms with E-state index in [9.17, 15) is 4.39 Å². The summed E-state index contributed by atoms with van der Waals surface area (Å²) in [5.41, 5.74) is 0.990. The second-order valence-corrected chi connectivity index (χ2v) is 5.02. The van der Waals surface area contributed by atoms with Gasteiger partial charge < -0.3 is 15.0 Å². The Morgan fingerprint density at radius 3 is 2.95 bits per heavy atom. The summed E-state index contributed by atoms with van der Waals surface area (Å²) < 4.78 is 19.1. The lowest BCUT2D eigenvalue weighted by Gasteiger charge is -2.15. The summed E-state index contributed by atoms with van der Waals surface area (Å²) in [4.78, 5) is 10.5. The number of aliphatic imine (C=N–C) groups is 1. The molecule has 114 valence electrons. The number of rotatable bonds is 4. The average molecular weight is 300 g/mol. The first-order valence-electron chi connectivity index (χ1n) is 7.09. The van der Waals surface area contributed by atoms with E-state index in [4.69, 9.17) is 4.74 Å². The molecule has 3 rings (SSSR count). The highest BCUT2D eigenvalue weighted by molar-refractivity contribution is 5.81. The van der Waals surface area contributed by atoms with E-state index in [1.54, 1.807) is 30.5 Å². The maximum atomic E-state index is 13.6. The van der Waals surface area contributed by atoms with E-state index in [0.29, 0.717) is 12.4 Å². The van der Waals surface area contributed by atoms with Crippen LogP contribution in [0.4, 0.5) is 4.39 Å². The fourth-order valence-electron chi connectivity index (χ4n) is 2.16. The van der Waals surface area contributed by atoms with E-state index in [2.05, 4.69) is 20.2 Å². The predicted octanol–water partition coefficient (Wildman–Crippen LogP) is 2.40. The molecule has 0 unspecified atom stereocenters. The molecule has 6 heteroatoms. The molecule has 22 heavy (non-hydrogen) atoms. The van der Waals surface area contributed by atoms with Gasteiger partial charge in [-0.1, -0.05) is 12.1 Å². The molecule has 1 aromatic carbocycles. The average Bonchev–Trinajstić information content (AvgIpc) is 2.93. The van der Waals surface area contributed by atoms with Gasteiger partial charge in [-0.05, 0) is 23.8 Å². The van der Waals surface area contributed by atoms with Gasteiger partial charge in [-0.15, -0.1) is 0 Å². The van der Waals surface area contributed by atoms with Crippen LogP contribution in [0.25, 0.3) is 0 Å². The monoisotopic (exact) mass is 300 g/mol. The number of aromatic nitrogens is 1. The number of nitrogens with one attached hydrogen (secondary N) is 1. The van der Waals surface area contributed by atoms with Crippen LogP contribution in [0, 0.1) is 5.82 Å². The summed E-state index contributed by atoms with van der Waals surface area (Å²) in [7, 11) is 2.00. The molecule has 5 nitrogen and oxygen atoms in total. The lowest BCUT2D eigenvalue weighted by molar-refractivity contribution is 0.427. The first-order chi connectivity index (χ1) is 10.7. The lowest BCUT2D eigenvalue weighted by atomic mass is 10.2.